The molecular formula is C19H22ClNO. The number of hydrogen-bond donors (Lipinski definition) is 0. The van der Waals surface area contributed by atoms with Gasteiger partial charge in [-0.3, -0.25) is 4.79 Å². The summed E-state index contributed by atoms with van der Waals surface area (Å²) in [5.41, 5.74) is 2.30. The highest BCUT2D eigenvalue weighted by Crippen LogP contribution is 2.14. The van der Waals surface area contributed by atoms with Crippen molar-refractivity contribution in [3.63, 3.8) is 0 Å². The molecule has 2 nitrogen and oxygen atoms in total. The van der Waals surface area contributed by atoms with E-state index in [0.29, 0.717) is 13.0 Å². The fourth-order valence-corrected chi connectivity index (χ4v) is 2.51. The van der Waals surface area contributed by atoms with Crippen LogP contribution in [0, 0.1) is 0 Å². The Kier molecular flexibility index (Phi) is 6.02. The fraction of sp³-hybridized carbons (Fsp3) is 0.316. The monoisotopic (exact) mass is 315 g/mol. The highest BCUT2D eigenvalue weighted by Gasteiger charge is 2.17. The summed E-state index contributed by atoms with van der Waals surface area (Å²) < 4.78 is 0. The minimum atomic E-state index is 0.189. The Labute approximate surface area is 137 Å². The highest BCUT2D eigenvalue weighted by atomic mass is 35.5. The second-order valence-electron chi connectivity index (χ2n) is 5.73. The molecule has 22 heavy (non-hydrogen) atoms. The lowest BCUT2D eigenvalue weighted by atomic mass is 10.1. The first-order valence-corrected chi connectivity index (χ1v) is 8.02. The van der Waals surface area contributed by atoms with Gasteiger partial charge in [0.15, 0.2) is 0 Å². The number of amides is 1. The maximum Gasteiger partial charge on any atom is 0.223 e. The van der Waals surface area contributed by atoms with Crippen LogP contribution in [0.5, 0.6) is 0 Å². The summed E-state index contributed by atoms with van der Waals surface area (Å²) in [5, 5.41) is 0.725. The number of nitrogens with zero attached hydrogens (tertiary/aromatic N) is 1. The molecule has 1 amide bonds. The summed E-state index contributed by atoms with van der Waals surface area (Å²) in [6.07, 6.45) is 1.26. The van der Waals surface area contributed by atoms with E-state index in [1.165, 1.54) is 0 Å². The van der Waals surface area contributed by atoms with Crippen LogP contribution in [-0.2, 0) is 17.8 Å². The van der Waals surface area contributed by atoms with Crippen LogP contribution in [0.4, 0.5) is 0 Å². The number of halogens is 1. The van der Waals surface area contributed by atoms with Gasteiger partial charge in [0.25, 0.3) is 0 Å². The van der Waals surface area contributed by atoms with Crippen LogP contribution in [0.15, 0.2) is 54.6 Å². The van der Waals surface area contributed by atoms with Crippen molar-refractivity contribution in [2.75, 3.05) is 0 Å². The van der Waals surface area contributed by atoms with E-state index in [4.69, 9.17) is 11.6 Å². The predicted octanol–water partition coefficient (Wildman–Crippen LogP) is 4.71. The van der Waals surface area contributed by atoms with Crippen LogP contribution in [0.25, 0.3) is 0 Å². The minimum Gasteiger partial charge on any atom is -0.336 e. The summed E-state index contributed by atoms with van der Waals surface area (Å²) in [6.45, 7) is 4.78. The third-order valence-corrected chi connectivity index (χ3v) is 3.93. The van der Waals surface area contributed by atoms with Gasteiger partial charge in [-0.2, -0.15) is 0 Å². The van der Waals surface area contributed by atoms with Gasteiger partial charge in [-0.15, -0.1) is 0 Å². The van der Waals surface area contributed by atoms with Crippen LogP contribution in [-0.4, -0.2) is 16.8 Å². The maximum atomic E-state index is 12.5. The third-order valence-electron chi connectivity index (χ3n) is 3.68. The molecule has 116 valence electrons. The molecule has 0 saturated carbocycles. The van der Waals surface area contributed by atoms with E-state index < -0.39 is 0 Å². The lowest BCUT2D eigenvalue weighted by Gasteiger charge is -2.27. The van der Waals surface area contributed by atoms with Gasteiger partial charge < -0.3 is 4.90 Å². The number of aryl methyl sites for hydroxylation is 1. The normalized spacial score (nSPS) is 10.7. The number of carbonyl (C=O) groups is 1. The van der Waals surface area contributed by atoms with Gasteiger partial charge in [0.1, 0.15) is 0 Å². The molecule has 0 aliphatic rings. The lowest BCUT2D eigenvalue weighted by Crippen LogP contribution is -2.36. The Morgan fingerprint density at radius 2 is 1.64 bits per heavy atom. The van der Waals surface area contributed by atoms with Crippen molar-refractivity contribution >= 4 is 17.5 Å². The zero-order valence-electron chi connectivity index (χ0n) is 13.1. The molecule has 0 spiro atoms. The van der Waals surface area contributed by atoms with Crippen molar-refractivity contribution in [2.45, 2.75) is 39.3 Å². The Hall–Kier alpha value is -1.80. The molecule has 2 rings (SSSR count). The topological polar surface area (TPSA) is 20.3 Å². The highest BCUT2D eigenvalue weighted by molar-refractivity contribution is 6.30. The zero-order valence-corrected chi connectivity index (χ0v) is 13.9. The quantitative estimate of drug-likeness (QED) is 0.756. The van der Waals surface area contributed by atoms with Gasteiger partial charge in [-0.1, -0.05) is 54.1 Å². The number of carbonyl (C=O) groups excluding carboxylic acids is 1. The molecule has 0 radical (unpaired) electrons. The minimum absolute atomic E-state index is 0.189. The van der Waals surface area contributed by atoms with Crippen molar-refractivity contribution < 1.29 is 4.79 Å². The maximum absolute atomic E-state index is 12.5. The second-order valence-corrected chi connectivity index (χ2v) is 6.16. The number of benzene rings is 2. The molecule has 2 aromatic rings. The van der Waals surface area contributed by atoms with E-state index >= 15 is 0 Å². The molecule has 0 atom stereocenters. The van der Waals surface area contributed by atoms with Crippen molar-refractivity contribution in [3.8, 4) is 0 Å². The second kappa shape index (κ2) is 8.00. The first kappa shape index (κ1) is 16.6. The van der Waals surface area contributed by atoms with E-state index in [1.54, 1.807) is 0 Å². The van der Waals surface area contributed by atoms with Gasteiger partial charge in [0.05, 0.1) is 0 Å². The summed E-state index contributed by atoms with van der Waals surface area (Å²) in [7, 11) is 0. The molecule has 0 aromatic heterocycles. The lowest BCUT2D eigenvalue weighted by molar-refractivity contribution is -0.133. The van der Waals surface area contributed by atoms with Crippen LogP contribution in [0.1, 0.15) is 31.4 Å². The molecule has 3 heteroatoms. The summed E-state index contributed by atoms with van der Waals surface area (Å²) in [4.78, 5) is 14.5. The predicted molar refractivity (Wildman–Crippen MR) is 91.9 cm³/mol. The molecule has 0 fully saturated rings. The van der Waals surface area contributed by atoms with Gasteiger partial charge in [0, 0.05) is 24.0 Å². The van der Waals surface area contributed by atoms with Crippen LogP contribution >= 0.6 is 11.6 Å². The number of rotatable bonds is 6. The Morgan fingerprint density at radius 3 is 2.23 bits per heavy atom. The van der Waals surface area contributed by atoms with Gasteiger partial charge in [-0.25, -0.2) is 0 Å². The third kappa shape index (κ3) is 4.88. The molecule has 2 aromatic carbocycles. The molecule has 0 aliphatic carbocycles. The SMILES string of the molecule is CC(C)N(Cc1ccccc1)C(=O)CCc1ccc(Cl)cc1. The van der Waals surface area contributed by atoms with Gasteiger partial charge in [0.2, 0.25) is 5.91 Å². The molecular weight excluding hydrogens is 294 g/mol. The average Bonchev–Trinajstić information content (AvgIpc) is 2.52. The molecule has 0 saturated heterocycles. The van der Waals surface area contributed by atoms with E-state index in [1.807, 2.05) is 47.4 Å². The van der Waals surface area contributed by atoms with Gasteiger partial charge in [-0.05, 0) is 43.5 Å². The van der Waals surface area contributed by atoms with E-state index in [9.17, 15) is 4.79 Å². The van der Waals surface area contributed by atoms with E-state index in [0.717, 1.165) is 22.6 Å². The van der Waals surface area contributed by atoms with Crippen LogP contribution < -0.4 is 0 Å². The first-order valence-electron chi connectivity index (χ1n) is 7.64. The molecule has 0 heterocycles. The Bertz CT molecular complexity index is 593. The summed E-state index contributed by atoms with van der Waals surface area (Å²) in [5.74, 6) is 0.189. The van der Waals surface area contributed by atoms with Crippen molar-refractivity contribution in [3.05, 3.63) is 70.7 Å². The fourth-order valence-electron chi connectivity index (χ4n) is 2.38. The molecule has 0 unspecified atom stereocenters. The van der Waals surface area contributed by atoms with Crippen molar-refractivity contribution in [2.24, 2.45) is 0 Å². The zero-order chi connectivity index (χ0) is 15.9. The van der Waals surface area contributed by atoms with Crippen molar-refractivity contribution in [1.82, 2.24) is 4.90 Å². The summed E-state index contributed by atoms with van der Waals surface area (Å²) in [6, 6.07) is 18.0. The van der Waals surface area contributed by atoms with E-state index in [-0.39, 0.29) is 11.9 Å². The van der Waals surface area contributed by atoms with Crippen LogP contribution in [0.2, 0.25) is 5.02 Å². The van der Waals surface area contributed by atoms with Gasteiger partial charge >= 0.3 is 0 Å². The molecule has 0 N–H and O–H groups in total. The smallest absolute Gasteiger partial charge is 0.223 e. The van der Waals surface area contributed by atoms with E-state index in [2.05, 4.69) is 26.0 Å². The Balaban J connectivity index is 1.96. The standard InChI is InChI=1S/C19H22ClNO/c1-15(2)21(14-17-6-4-3-5-7-17)19(22)13-10-16-8-11-18(20)12-9-16/h3-9,11-12,15H,10,13-14H2,1-2H3. The first-order chi connectivity index (χ1) is 10.6. The largest absolute Gasteiger partial charge is 0.336 e. The van der Waals surface area contributed by atoms with Crippen LogP contribution in [0.3, 0.4) is 0 Å². The average molecular weight is 316 g/mol. The Morgan fingerprint density at radius 1 is 1.00 bits per heavy atom. The molecule has 0 aliphatic heterocycles. The molecule has 0 bridgehead atoms. The van der Waals surface area contributed by atoms with Crippen molar-refractivity contribution in [1.29, 1.82) is 0 Å². The number of hydrogen-bond acceptors (Lipinski definition) is 1. The summed E-state index contributed by atoms with van der Waals surface area (Å²) >= 11 is 5.88.